The average molecular weight is 215 g/mol. The van der Waals surface area contributed by atoms with Crippen LogP contribution in [0.2, 0.25) is 0 Å². The first kappa shape index (κ1) is 12.5. The van der Waals surface area contributed by atoms with Gasteiger partial charge in [-0.3, -0.25) is 10.1 Å². The van der Waals surface area contributed by atoms with Gasteiger partial charge in [0.05, 0.1) is 13.2 Å². The Morgan fingerprint density at radius 3 is 2.60 bits per heavy atom. The largest absolute Gasteiger partial charge is 0.466 e. The van der Waals surface area contributed by atoms with Gasteiger partial charge in [0.25, 0.3) is 0 Å². The van der Waals surface area contributed by atoms with Crippen LogP contribution in [0, 0.1) is 0 Å². The van der Waals surface area contributed by atoms with Gasteiger partial charge in [-0.2, -0.15) is 0 Å². The molecular weight excluding hydrogens is 194 g/mol. The van der Waals surface area contributed by atoms with E-state index in [4.69, 9.17) is 9.47 Å². The fraction of sp³-hybridized carbons (Fsp3) is 0.909. The van der Waals surface area contributed by atoms with Crippen LogP contribution in [0.25, 0.3) is 0 Å². The van der Waals surface area contributed by atoms with Crippen molar-refractivity contribution in [1.82, 2.24) is 5.32 Å². The molecule has 1 fully saturated rings. The number of carbonyl (C=O) groups is 1. The molecular formula is C11H21NO3. The summed E-state index contributed by atoms with van der Waals surface area (Å²) < 4.78 is 10.6. The number of hydrogen-bond donors (Lipinski definition) is 1. The number of hydrogen-bond acceptors (Lipinski definition) is 4. The maximum atomic E-state index is 10.7. The summed E-state index contributed by atoms with van der Waals surface area (Å²) >= 11 is 0. The Kier molecular flexibility index (Phi) is 3.73. The zero-order valence-corrected chi connectivity index (χ0v) is 10.1. The van der Waals surface area contributed by atoms with Crippen LogP contribution in [0.5, 0.6) is 0 Å². The SMILES string of the molecule is CC[C@@]1(CCOC(C)=O)COC(C)(C)N1. The monoisotopic (exact) mass is 215 g/mol. The molecule has 0 radical (unpaired) electrons. The lowest BCUT2D eigenvalue weighted by atomic mass is 9.93. The summed E-state index contributed by atoms with van der Waals surface area (Å²) in [5.41, 5.74) is -0.314. The lowest BCUT2D eigenvalue weighted by molar-refractivity contribution is -0.141. The highest BCUT2D eigenvalue weighted by molar-refractivity contribution is 5.65. The number of nitrogens with one attached hydrogen (secondary N) is 1. The van der Waals surface area contributed by atoms with Crippen molar-refractivity contribution in [3.05, 3.63) is 0 Å². The summed E-state index contributed by atoms with van der Waals surface area (Å²) in [4.78, 5) is 10.7. The first-order valence-corrected chi connectivity index (χ1v) is 5.46. The van der Waals surface area contributed by atoms with Crippen molar-refractivity contribution in [3.8, 4) is 0 Å². The molecule has 1 heterocycles. The lowest BCUT2D eigenvalue weighted by Gasteiger charge is -2.28. The molecule has 1 aliphatic rings. The van der Waals surface area contributed by atoms with E-state index in [9.17, 15) is 4.79 Å². The molecule has 4 heteroatoms. The van der Waals surface area contributed by atoms with Gasteiger partial charge in [0.2, 0.25) is 0 Å². The molecule has 0 aromatic carbocycles. The van der Waals surface area contributed by atoms with E-state index in [0.29, 0.717) is 13.2 Å². The Hall–Kier alpha value is -0.610. The van der Waals surface area contributed by atoms with Gasteiger partial charge in [-0.05, 0) is 20.3 Å². The maximum Gasteiger partial charge on any atom is 0.302 e. The van der Waals surface area contributed by atoms with Crippen LogP contribution in [-0.4, -0.2) is 30.4 Å². The highest BCUT2D eigenvalue weighted by Gasteiger charge is 2.41. The Morgan fingerprint density at radius 2 is 2.20 bits per heavy atom. The van der Waals surface area contributed by atoms with Crippen molar-refractivity contribution < 1.29 is 14.3 Å². The topological polar surface area (TPSA) is 47.6 Å². The average Bonchev–Trinajstić information content (AvgIpc) is 2.42. The Balaban J connectivity index is 2.45. The Bertz CT molecular complexity index is 240. The van der Waals surface area contributed by atoms with Crippen LogP contribution >= 0.6 is 0 Å². The second-order valence-corrected chi connectivity index (χ2v) is 4.65. The van der Waals surface area contributed by atoms with E-state index in [1.807, 2.05) is 13.8 Å². The molecule has 0 aliphatic carbocycles. The third kappa shape index (κ3) is 3.47. The lowest BCUT2D eigenvalue weighted by Crippen LogP contribution is -2.49. The van der Waals surface area contributed by atoms with E-state index in [0.717, 1.165) is 12.8 Å². The summed E-state index contributed by atoms with van der Waals surface area (Å²) in [6.07, 6.45) is 1.77. The summed E-state index contributed by atoms with van der Waals surface area (Å²) in [5.74, 6) is -0.223. The molecule has 1 rings (SSSR count). The third-order valence-electron chi connectivity index (χ3n) is 2.84. The van der Waals surface area contributed by atoms with Gasteiger partial charge in [-0.15, -0.1) is 0 Å². The van der Waals surface area contributed by atoms with Crippen LogP contribution in [0.3, 0.4) is 0 Å². The van der Waals surface area contributed by atoms with E-state index in [2.05, 4.69) is 12.2 Å². The molecule has 1 aliphatic heterocycles. The molecule has 15 heavy (non-hydrogen) atoms. The predicted octanol–water partition coefficient (Wildman–Crippen LogP) is 1.44. The summed E-state index contributed by atoms with van der Waals surface area (Å²) in [7, 11) is 0. The van der Waals surface area contributed by atoms with Gasteiger partial charge in [-0.1, -0.05) is 6.92 Å². The Labute approximate surface area is 91.3 Å². The van der Waals surface area contributed by atoms with Crippen LogP contribution in [-0.2, 0) is 14.3 Å². The minimum absolute atomic E-state index is 0.0427. The van der Waals surface area contributed by atoms with E-state index in [-0.39, 0.29) is 17.2 Å². The zero-order chi connectivity index (χ0) is 11.5. The van der Waals surface area contributed by atoms with E-state index >= 15 is 0 Å². The van der Waals surface area contributed by atoms with Gasteiger partial charge in [0, 0.05) is 18.9 Å². The van der Waals surface area contributed by atoms with E-state index in [1.165, 1.54) is 6.92 Å². The molecule has 0 spiro atoms. The van der Waals surface area contributed by atoms with E-state index in [1.54, 1.807) is 0 Å². The summed E-state index contributed by atoms with van der Waals surface area (Å²) in [6.45, 7) is 8.70. The quantitative estimate of drug-likeness (QED) is 0.721. The van der Waals surface area contributed by atoms with Crippen LogP contribution in [0.15, 0.2) is 0 Å². The number of esters is 1. The highest BCUT2D eigenvalue weighted by Crippen LogP contribution is 2.28. The first-order valence-electron chi connectivity index (χ1n) is 5.46. The number of rotatable bonds is 4. The molecule has 0 amide bonds. The van der Waals surface area contributed by atoms with Crippen molar-refractivity contribution in [1.29, 1.82) is 0 Å². The number of ether oxygens (including phenoxy) is 2. The fourth-order valence-corrected chi connectivity index (χ4v) is 1.92. The third-order valence-corrected chi connectivity index (χ3v) is 2.84. The number of carbonyl (C=O) groups excluding carboxylic acids is 1. The van der Waals surface area contributed by atoms with Crippen LogP contribution in [0.1, 0.15) is 40.5 Å². The Morgan fingerprint density at radius 1 is 1.53 bits per heavy atom. The second kappa shape index (κ2) is 4.49. The zero-order valence-electron chi connectivity index (χ0n) is 10.1. The molecule has 4 nitrogen and oxygen atoms in total. The van der Waals surface area contributed by atoms with Gasteiger partial charge >= 0.3 is 5.97 Å². The second-order valence-electron chi connectivity index (χ2n) is 4.65. The smallest absolute Gasteiger partial charge is 0.302 e. The molecule has 88 valence electrons. The molecule has 1 N–H and O–H groups in total. The standard InChI is InChI=1S/C11H21NO3/c1-5-11(6-7-14-9(2)13)8-15-10(3,4)12-11/h12H,5-8H2,1-4H3/t11-/m1/s1. The molecule has 1 saturated heterocycles. The first-order chi connectivity index (χ1) is 6.89. The minimum atomic E-state index is -0.272. The van der Waals surface area contributed by atoms with Gasteiger partial charge < -0.3 is 9.47 Å². The van der Waals surface area contributed by atoms with Crippen molar-refractivity contribution >= 4 is 5.97 Å². The van der Waals surface area contributed by atoms with Gasteiger partial charge in [0.1, 0.15) is 5.72 Å². The molecule has 0 aromatic rings. The molecule has 0 aromatic heterocycles. The van der Waals surface area contributed by atoms with Crippen molar-refractivity contribution in [3.63, 3.8) is 0 Å². The van der Waals surface area contributed by atoms with Gasteiger partial charge in [0.15, 0.2) is 0 Å². The normalized spacial score (nSPS) is 29.1. The highest BCUT2D eigenvalue weighted by atomic mass is 16.5. The molecule has 0 unspecified atom stereocenters. The molecule has 0 bridgehead atoms. The van der Waals surface area contributed by atoms with Crippen molar-refractivity contribution in [2.75, 3.05) is 13.2 Å². The van der Waals surface area contributed by atoms with Gasteiger partial charge in [-0.25, -0.2) is 0 Å². The summed E-state index contributed by atoms with van der Waals surface area (Å²) in [5, 5.41) is 3.45. The molecule has 0 saturated carbocycles. The molecule has 1 atom stereocenters. The summed E-state index contributed by atoms with van der Waals surface area (Å²) in [6, 6.07) is 0. The van der Waals surface area contributed by atoms with Crippen molar-refractivity contribution in [2.24, 2.45) is 0 Å². The van der Waals surface area contributed by atoms with Crippen molar-refractivity contribution in [2.45, 2.75) is 51.8 Å². The fourth-order valence-electron chi connectivity index (χ4n) is 1.92. The van der Waals surface area contributed by atoms with E-state index < -0.39 is 0 Å². The van der Waals surface area contributed by atoms with Crippen LogP contribution in [0.4, 0.5) is 0 Å². The predicted molar refractivity (Wildman–Crippen MR) is 57.4 cm³/mol. The minimum Gasteiger partial charge on any atom is -0.466 e. The maximum absolute atomic E-state index is 10.7. The van der Waals surface area contributed by atoms with Crippen LogP contribution < -0.4 is 5.32 Å².